The van der Waals surface area contributed by atoms with Gasteiger partial charge in [-0.15, -0.1) is 0 Å². The lowest BCUT2D eigenvalue weighted by Gasteiger charge is -2.28. The first kappa shape index (κ1) is 14.6. The van der Waals surface area contributed by atoms with Gasteiger partial charge < -0.3 is 14.7 Å². The summed E-state index contributed by atoms with van der Waals surface area (Å²) >= 11 is 0. The lowest BCUT2D eigenvalue weighted by Crippen LogP contribution is -2.45. The summed E-state index contributed by atoms with van der Waals surface area (Å²) < 4.78 is 7.07. The van der Waals surface area contributed by atoms with Crippen LogP contribution in [0.1, 0.15) is 30.9 Å². The van der Waals surface area contributed by atoms with E-state index in [0.29, 0.717) is 30.5 Å². The number of carbonyl (C=O) groups excluding carboxylic acids is 1. The molecule has 1 N–H and O–H groups in total. The number of amides is 2. The second-order valence-corrected chi connectivity index (χ2v) is 5.82. The lowest BCUT2D eigenvalue weighted by atomic mass is 10.1. The summed E-state index contributed by atoms with van der Waals surface area (Å²) in [4.78, 5) is 18.2. The molecule has 0 aromatic carbocycles. The predicted molar refractivity (Wildman–Crippen MR) is 79.0 cm³/mol. The molecular formula is C14H20N6O2. The molecule has 1 aliphatic heterocycles. The molecule has 0 unspecified atom stereocenters. The molecular weight excluding hydrogens is 284 g/mol. The monoisotopic (exact) mass is 304 g/mol. The van der Waals surface area contributed by atoms with E-state index in [1.807, 2.05) is 25.6 Å². The van der Waals surface area contributed by atoms with Crippen molar-refractivity contribution >= 4 is 6.03 Å². The standard InChI is InChI=1S/C14H20N6O2/c1-8(2)15-14(21)20-6-5-11-10(7-20)12(17-19(11)4)13-16-9(3)18-22-13/h8H,5-7H2,1-4H3,(H,15,21). The Kier molecular flexibility index (Phi) is 3.59. The van der Waals surface area contributed by atoms with E-state index in [1.54, 1.807) is 11.8 Å². The largest absolute Gasteiger partial charge is 0.336 e. The second-order valence-electron chi connectivity index (χ2n) is 5.82. The summed E-state index contributed by atoms with van der Waals surface area (Å²) in [7, 11) is 1.90. The van der Waals surface area contributed by atoms with Crippen LogP contribution in [0.2, 0.25) is 0 Å². The topological polar surface area (TPSA) is 89.1 Å². The summed E-state index contributed by atoms with van der Waals surface area (Å²) in [5, 5.41) is 11.2. The Morgan fingerprint density at radius 3 is 2.82 bits per heavy atom. The van der Waals surface area contributed by atoms with Gasteiger partial charge in [-0.25, -0.2) is 4.79 Å². The third kappa shape index (κ3) is 2.56. The van der Waals surface area contributed by atoms with Gasteiger partial charge in [-0.3, -0.25) is 4.68 Å². The van der Waals surface area contributed by atoms with Crippen molar-refractivity contribution in [2.45, 2.75) is 39.8 Å². The van der Waals surface area contributed by atoms with Crippen LogP contribution in [0.4, 0.5) is 4.79 Å². The van der Waals surface area contributed by atoms with E-state index in [0.717, 1.165) is 17.7 Å². The molecule has 0 aliphatic carbocycles. The number of carbonyl (C=O) groups is 1. The van der Waals surface area contributed by atoms with E-state index in [-0.39, 0.29) is 12.1 Å². The van der Waals surface area contributed by atoms with Crippen LogP contribution in [-0.2, 0) is 20.0 Å². The molecule has 2 aromatic rings. The van der Waals surface area contributed by atoms with Gasteiger partial charge in [0.05, 0.1) is 6.54 Å². The molecule has 0 atom stereocenters. The maximum absolute atomic E-state index is 12.2. The zero-order valence-corrected chi connectivity index (χ0v) is 13.3. The van der Waals surface area contributed by atoms with Gasteiger partial charge in [0.25, 0.3) is 5.89 Å². The summed E-state index contributed by atoms with van der Waals surface area (Å²) in [5.74, 6) is 0.972. The Hall–Kier alpha value is -2.38. The molecule has 3 heterocycles. The van der Waals surface area contributed by atoms with Crippen LogP contribution in [0.5, 0.6) is 0 Å². The van der Waals surface area contributed by atoms with E-state index in [9.17, 15) is 4.79 Å². The number of nitrogens with one attached hydrogen (secondary N) is 1. The van der Waals surface area contributed by atoms with Gasteiger partial charge in [0.15, 0.2) is 11.5 Å². The molecule has 118 valence electrons. The zero-order chi connectivity index (χ0) is 15.9. The Morgan fingerprint density at radius 1 is 1.41 bits per heavy atom. The van der Waals surface area contributed by atoms with Crippen LogP contribution in [0.15, 0.2) is 4.52 Å². The number of rotatable bonds is 2. The average molecular weight is 304 g/mol. The van der Waals surface area contributed by atoms with E-state index >= 15 is 0 Å². The van der Waals surface area contributed by atoms with E-state index in [1.165, 1.54) is 0 Å². The first-order valence-corrected chi connectivity index (χ1v) is 7.36. The fraction of sp³-hybridized carbons (Fsp3) is 0.571. The van der Waals surface area contributed by atoms with Gasteiger partial charge in [0, 0.05) is 37.3 Å². The number of aryl methyl sites for hydroxylation is 2. The normalized spacial score (nSPS) is 14.3. The third-order valence-corrected chi connectivity index (χ3v) is 3.67. The molecule has 2 aromatic heterocycles. The highest BCUT2D eigenvalue weighted by molar-refractivity contribution is 5.75. The molecule has 0 saturated carbocycles. The first-order valence-electron chi connectivity index (χ1n) is 7.36. The molecule has 1 aliphatic rings. The number of nitrogens with zero attached hydrogens (tertiary/aromatic N) is 5. The minimum Gasteiger partial charge on any atom is -0.336 e. The zero-order valence-electron chi connectivity index (χ0n) is 13.3. The Bertz CT molecular complexity index is 702. The van der Waals surface area contributed by atoms with Crippen molar-refractivity contribution in [3.8, 4) is 11.6 Å². The average Bonchev–Trinajstić information content (AvgIpc) is 3.02. The number of hydrogen-bond donors (Lipinski definition) is 1. The summed E-state index contributed by atoms with van der Waals surface area (Å²) in [5.41, 5.74) is 2.76. The van der Waals surface area contributed by atoms with Crippen LogP contribution in [0, 0.1) is 6.92 Å². The number of aromatic nitrogens is 4. The minimum absolute atomic E-state index is 0.0582. The molecule has 0 radical (unpaired) electrons. The molecule has 3 rings (SSSR count). The van der Waals surface area contributed by atoms with Crippen LogP contribution < -0.4 is 5.32 Å². The van der Waals surface area contributed by atoms with Crippen LogP contribution >= 0.6 is 0 Å². The van der Waals surface area contributed by atoms with E-state index in [4.69, 9.17) is 4.52 Å². The molecule has 0 fully saturated rings. The molecule has 22 heavy (non-hydrogen) atoms. The highest BCUT2D eigenvalue weighted by Gasteiger charge is 2.29. The van der Waals surface area contributed by atoms with E-state index < -0.39 is 0 Å². The summed E-state index contributed by atoms with van der Waals surface area (Å²) in [6, 6.07) is 0.0537. The minimum atomic E-state index is -0.0582. The fourth-order valence-corrected chi connectivity index (χ4v) is 2.67. The van der Waals surface area contributed by atoms with Gasteiger partial charge >= 0.3 is 6.03 Å². The number of urea groups is 1. The van der Waals surface area contributed by atoms with E-state index in [2.05, 4.69) is 20.6 Å². The van der Waals surface area contributed by atoms with Crippen molar-refractivity contribution in [3.63, 3.8) is 0 Å². The lowest BCUT2D eigenvalue weighted by molar-refractivity contribution is 0.189. The Labute approximate surface area is 128 Å². The Morgan fingerprint density at radius 2 is 2.18 bits per heavy atom. The van der Waals surface area contributed by atoms with Gasteiger partial charge in [0.1, 0.15) is 0 Å². The summed E-state index contributed by atoms with van der Waals surface area (Å²) in [6.07, 6.45) is 0.761. The third-order valence-electron chi connectivity index (χ3n) is 3.67. The highest BCUT2D eigenvalue weighted by Crippen LogP contribution is 2.28. The number of fused-ring (bicyclic) bond motifs is 1. The van der Waals surface area contributed by atoms with Gasteiger partial charge in [-0.05, 0) is 20.8 Å². The van der Waals surface area contributed by atoms with Crippen molar-refractivity contribution in [1.29, 1.82) is 0 Å². The van der Waals surface area contributed by atoms with Gasteiger partial charge in [-0.1, -0.05) is 5.16 Å². The van der Waals surface area contributed by atoms with Gasteiger partial charge in [0.2, 0.25) is 0 Å². The Balaban J connectivity index is 1.91. The van der Waals surface area contributed by atoms with Crippen molar-refractivity contribution in [3.05, 3.63) is 17.1 Å². The molecule has 8 nitrogen and oxygen atoms in total. The fourth-order valence-electron chi connectivity index (χ4n) is 2.67. The molecule has 0 bridgehead atoms. The SMILES string of the molecule is Cc1noc(-c2nn(C)c3c2CN(C(=O)NC(C)C)CC3)n1. The molecule has 8 heteroatoms. The summed E-state index contributed by atoms with van der Waals surface area (Å²) in [6.45, 7) is 6.84. The predicted octanol–water partition coefficient (Wildman–Crippen LogP) is 1.25. The molecule has 0 spiro atoms. The molecule has 0 saturated heterocycles. The maximum Gasteiger partial charge on any atom is 0.317 e. The van der Waals surface area contributed by atoms with Crippen molar-refractivity contribution in [2.24, 2.45) is 7.05 Å². The van der Waals surface area contributed by atoms with Crippen molar-refractivity contribution in [2.75, 3.05) is 6.54 Å². The van der Waals surface area contributed by atoms with Gasteiger partial charge in [-0.2, -0.15) is 10.1 Å². The van der Waals surface area contributed by atoms with Crippen molar-refractivity contribution < 1.29 is 9.32 Å². The number of hydrogen-bond acceptors (Lipinski definition) is 5. The quantitative estimate of drug-likeness (QED) is 0.902. The van der Waals surface area contributed by atoms with Crippen molar-refractivity contribution in [1.82, 2.24) is 30.1 Å². The molecule has 2 amide bonds. The van der Waals surface area contributed by atoms with Crippen LogP contribution in [0.3, 0.4) is 0 Å². The smallest absolute Gasteiger partial charge is 0.317 e. The first-order chi connectivity index (χ1) is 10.5. The second kappa shape index (κ2) is 5.43. The maximum atomic E-state index is 12.2. The highest BCUT2D eigenvalue weighted by atomic mass is 16.5. The van der Waals surface area contributed by atoms with Crippen LogP contribution in [-0.4, -0.2) is 43.4 Å². The van der Waals surface area contributed by atoms with Crippen LogP contribution in [0.25, 0.3) is 11.6 Å².